The third-order valence-electron chi connectivity index (χ3n) is 8.80. The molecular formula is C34H24K2N5O7S+. The Kier molecular flexibility index (Phi) is 10.2. The van der Waals surface area contributed by atoms with Crippen molar-refractivity contribution >= 4 is 87.5 Å². The van der Waals surface area contributed by atoms with Crippen LogP contribution in [0.5, 0.6) is 0 Å². The second-order valence-corrected chi connectivity index (χ2v) is 13.2. The smallest absolute Gasteiger partial charge is 0.748 e. The number of hydrogen-bond acceptors (Lipinski definition) is 9. The van der Waals surface area contributed by atoms with E-state index >= 15 is 0 Å². The number of carbonyl (C=O) groups is 2. The zero-order valence-electron chi connectivity index (χ0n) is 26.9. The van der Waals surface area contributed by atoms with Gasteiger partial charge in [0.05, 0.1) is 37.9 Å². The molecule has 0 aliphatic heterocycles. The SMILES string of the molecule is CCCCC(=O)c1ccc2nc3c4ccc5c(=O)n6c7cc(C(=O)NCCS(=O)(=O)[O-])ccc7nc6c6ccc(c(=O)n3c2c1)c4c56.[K+].[K+]. The van der Waals surface area contributed by atoms with Crippen molar-refractivity contribution in [2.75, 3.05) is 12.3 Å². The summed E-state index contributed by atoms with van der Waals surface area (Å²) in [6.07, 6.45) is 2.10. The first kappa shape index (κ1) is 36.5. The van der Waals surface area contributed by atoms with Gasteiger partial charge in [0.15, 0.2) is 5.78 Å². The summed E-state index contributed by atoms with van der Waals surface area (Å²) >= 11 is 0. The van der Waals surface area contributed by atoms with Crippen molar-refractivity contribution in [3.63, 3.8) is 0 Å². The number of aromatic nitrogens is 4. The first-order chi connectivity index (χ1) is 22.6. The van der Waals surface area contributed by atoms with Crippen LogP contribution in [0.1, 0.15) is 46.9 Å². The van der Waals surface area contributed by atoms with Gasteiger partial charge in [0.1, 0.15) is 11.3 Å². The molecule has 8 rings (SSSR count). The molecule has 0 fully saturated rings. The second kappa shape index (κ2) is 13.7. The van der Waals surface area contributed by atoms with Gasteiger partial charge in [0, 0.05) is 56.4 Å². The minimum absolute atomic E-state index is 0. The largest absolute Gasteiger partial charge is 1.00 e. The summed E-state index contributed by atoms with van der Waals surface area (Å²) in [5.74, 6) is -1.34. The Balaban J connectivity index is 0.00000208. The van der Waals surface area contributed by atoms with Crippen molar-refractivity contribution in [3.8, 4) is 0 Å². The van der Waals surface area contributed by atoms with Crippen LogP contribution < -0.4 is 119 Å². The minimum Gasteiger partial charge on any atom is -0.748 e. The van der Waals surface area contributed by atoms with E-state index < -0.39 is 27.3 Å². The van der Waals surface area contributed by atoms with Crippen LogP contribution in [0.3, 0.4) is 0 Å². The monoisotopic (exact) mass is 724 g/mol. The maximum absolute atomic E-state index is 14.1. The third kappa shape index (κ3) is 6.00. The van der Waals surface area contributed by atoms with Crippen LogP contribution in [0.4, 0.5) is 0 Å². The Morgan fingerprint density at radius 2 is 1.24 bits per heavy atom. The molecule has 0 spiro atoms. The van der Waals surface area contributed by atoms with Crippen LogP contribution in [0, 0.1) is 0 Å². The average Bonchev–Trinajstić information content (AvgIpc) is 3.63. The van der Waals surface area contributed by atoms with Gasteiger partial charge in [0.25, 0.3) is 17.0 Å². The summed E-state index contributed by atoms with van der Waals surface area (Å²) in [6, 6.07) is 16.7. The summed E-state index contributed by atoms with van der Waals surface area (Å²) in [4.78, 5) is 63.2. The van der Waals surface area contributed by atoms with Crippen molar-refractivity contribution < 1.29 is 125 Å². The van der Waals surface area contributed by atoms with E-state index in [0.29, 0.717) is 77.7 Å². The Morgan fingerprint density at radius 3 is 1.76 bits per heavy atom. The zero-order valence-corrected chi connectivity index (χ0v) is 33.9. The van der Waals surface area contributed by atoms with Gasteiger partial charge in [-0.3, -0.25) is 28.0 Å². The van der Waals surface area contributed by atoms with Crippen molar-refractivity contribution in [3.05, 3.63) is 92.5 Å². The molecule has 49 heavy (non-hydrogen) atoms. The fourth-order valence-corrected chi connectivity index (χ4v) is 6.93. The quantitative estimate of drug-likeness (QED) is 0.0806. The molecule has 0 saturated carbocycles. The van der Waals surface area contributed by atoms with Crippen LogP contribution in [0.25, 0.3) is 65.7 Å². The average molecular weight is 725 g/mol. The molecule has 4 aromatic carbocycles. The number of Topliss-reactive ketones (excluding diaryl/α,β-unsaturated/α-hetero) is 1. The fraction of sp³-hybridized carbons (Fsp3) is 0.176. The second-order valence-electron chi connectivity index (χ2n) is 11.7. The molecule has 1 amide bonds. The molecule has 0 bridgehead atoms. The van der Waals surface area contributed by atoms with Crippen LogP contribution in [0.2, 0.25) is 0 Å². The fourth-order valence-electron chi connectivity index (χ4n) is 6.58. The molecule has 4 aromatic heterocycles. The molecule has 0 unspecified atom stereocenters. The molecule has 4 heterocycles. The van der Waals surface area contributed by atoms with E-state index in [-0.39, 0.29) is 126 Å². The molecule has 0 aliphatic rings. The number of unbranched alkanes of at least 4 members (excludes halogenated alkanes) is 1. The summed E-state index contributed by atoms with van der Waals surface area (Å²) in [5, 5.41) is 5.62. The number of amides is 1. The molecule has 0 aliphatic carbocycles. The summed E-state index contributed by atoms with van der Waals surface area (Å²) < 4.78 is 35.7. The molecule has 12 nitrogen and oxygen atoms in total. The molecule has 0 saturated heterocycles. The van der Waals surface area contributed by atoms with Crippen molar-refractivity contribution in [1.29, 1.82) is 0 Å². The van der Waals surface area contributed by atoms with Gasteiger partial charge in [-0.1, -0.05) is 13.3 Å². The van der Waals surface area contributed by atoms with Gasteiger partial charge in [-0.25, -0.2) is 18.4 Å². The maximum atomic E-state index is 14.1. The number of pyridine rings is 2. The number of nitrogens with zero attached hydrogens (tertiary/aromatic N) is 4. The van der Waals surface area contributed by atoms with Gasteiger partial charge in [-0.05, 0) is 67.1 Å². The van der Waals surface area contributed by atoms with Gasteiger partial charge in [-0.15, -0.1) is 0 Å². The normalized spacial score (nSPS) is 12.0. The van der Waals surface area contributed by atoms with Crippen LogP contribution >= 0.6 is 0 Å². The Labute approximate surface area is 362 Å². The summed E-state index contributed by atoms with van der Waals surface area (Å²) in [5.41, 5.74) is 2.68. The Hall–Kier alpha value is -2.26. The number of hydrogen-bond donors (Lipinski definition) is 1. The summed E-state index contributed by atoms with van der Waals surface area (Å²) in [7, 11) is -4.50. The number of rotatable bonds is 8. The van der Waals surface area contributed by atoms with E-state index in [1.807, 2.05) is 6.92 Å². The van der Waals surface area contributed by atoms with E-state index in [1.54, 1.807) is 48.5 Å². The van der Waals surface area contributed by atoms with Crippen LogP contribution in [-0.2, 0) is 10.1 Å². The predicted molar refractivity (Wildman–Crippen MR) is 177 cm³/mol. The van der Waals surface area contributed by atoms with E-state index in [9.17, 15) is 32.1 Å². The first-order valence-electron chi connectivity index (χ1n) is 15.1. The van der Waals surface area contributed by atoms with Crippen LogP contribution in [0.15, 0.2) is 70.3 Å². The van der Waals surface area contributed by atoms with Crippen molar-refractivity contribution in [2.24, 2.45) is 0 Å². The number of fused-ring (bicyclic) bond motifs is 8. The number of ketones is 1. The molecular weight excluding hydrogens is 701 g/mol. The molecule has 8 aromatic rings. The molecule has 15 heteroatoms. The van der Waals surface area contributed by atoms with E-state index in [0.717, 1.165) is 12.8 Å². The van der Waals surface area contributed by atoms with Crippen molar-refractivity contribution in [2.45, 2.75) is 26.2 Å². The third-order valence-corrected chi connectivity index (χ3v) is 9.50. The topological polar surface area (TPSA) is 172 Å². The number of nitrogens with one attached hydrogen (secondary N) is 1. The van der Waals surface area contributed by atoms with Crippen molar-refractivity contribution in [1.82, 2.24) is 24.1 Å². The number of carbonyl (C=O) groups excluding carboxylic acids is 2. The molecule has 1 N–H and O–H groups in total. The van der Waals surface area contributed by atoms with Gasteiger partial charge >= 0.3 is 103 Å². The number of imidazole rings is 2. The standard InChI is InChI=1S/C34H25N5O7S.2K/c1-2-3-4-27(40)17-5-11-23-25(15-17)38-30(36-23)19-7-10-22-29-20(8-9-21(28(19)29)33(38)42)31-37-24-12-6-18(16-26(24)39(31)34(22)43)32(41)35-13-14-47(44,45)46;;/h5-12,15-16H,2-4,13-14H2,1H3,(H,35,41)(H,44,45,46);;/q;2*+1/p-1. The van der Waals surface area contributed by atoms with E-state index in [4.69, 9.17) is 9.97 Å². The first-order valence-corrected chi connectivity index (χ1v) is 16.6. The Morgan fingerprint density at radius 1 is 0.755 bits per heavy atom. The van der Waals surface area contributed by atoms with Gasteiger partial charge in [0.2, 0.25) is 0 Å². The summed E-state index contributed by atoms with van der Waals surface area (Å²) in [6.45, 7) is 1.67. The molecule has 0 radical (unpaired) electrons. The Bertz CT molecular complexity index is 2890. The van der Waals surface area contributed by atoms with Crippen LogP contribution in [-0.4, -0.2) is 55.7 Å². The number of benzene rings is 4. The minimum atomic E-state index is -4.50. The zero-order chi connectivity index (χ0) is 32.8. The van der Waals surface area contributed by atoms with Gasteiger partial charge in [-0.2, -0.15) is 0 Å². The molecule has 0 atom stereocenters. The molecule has 234 valence electrons. The van der Waals surface area contributed by atoms with E-state index in [2.05, 4.69) is 5.32 Å². The van der Waals surface area contributed by atoms with E-state index in [1.165, 1.54) is 20.9 Å². The van der Waals surface area contributed by atoms with Gasteiger partial charge < -0.3 is 9.87 Å². The maximum Gasteiger partial charge on any atom is 1.00 e. The predicted octanol–water partition coefficient (Wildman–Crippen LogP) is -2.00.